The Morgan fingerprint density at radius 3 is 2.29 bits per heavy atom. The van der Waals surface area contributed by atoms with Crippen LogP contribution in [0.2, 0.25) is 0 Å². The van der Waals surface area contributed by atoms with Crippen molar-refractivity contribution >= 4 is 28.3 Å². The van der Waals surface area contributed by atoms with Gasteiger partial charge in [0.2, 0.25) is 0 Å². The van der Waals surface area contributed by atoms with Gasteiger partial charge < -0.3 is 5.32 Å². The quantitative estimate of drug-likeness (QED) is 0.611. The van der Waals surface area contributed by atoms with Crippen molar-refractivity contribution in [1.82, 2.24) is 0 Å². The SMILES string of the molecule is Cc1ccc(NC(CC(C)(C)C)c2ccccc2)cc1I. The van der Waals surface area contributed by atoms with E-state index in [1.165, 1.54) is 20.4 Å². The first-order chi connectivity index (χ1) is 9.85. The summed E-state index contributed by atoms with van der Waals surface area (Å²) in [5.41, 5.74) is 4.16. The summed E-state index contributed by atoms with van der Waals surface area (Å²) in [7, 11) is 0. The summed E-state index contributed by atoms with van der Waals surface area (Å²) in [6.07, 6.45) is 1.10. The van der Waals surface area contributed by atoms with E-state index in [2.05, 4.69) is 104 Å². The van der Waals surface area contributed by atoms with E-state index >= 15 is 0 Å². The van der Waals surface area contributed by atoms with Crippen molar-refractivity contribution in [3.8, 4) is 0 Å². The maximum atomic E-state index is 3.72. The fourth-order valence-electron chi connectivity index (χ4n) is 2.43. The molecule has 21 heavy (non-hydrogen) atoms. The minimum Gasteiger partial charge on any atom is -0.378 e. The van der Waals surface area contributed by atoms with Crippen molar-refractivity contribution in [3.05, 3.63) is 63.2 Å². The number of hydrogen-bond donors (Lipinski definition) is 1. The standard InChI is InChI=1S/C19H24IN/c1-14-10-11-16(12-17(14)20)21-18(13-19(2,3)4)15-8-6-5-7-9-15/h5-12,18,21H,13H2,1-4H3. The molecular formula is C19H24IN. The van der Waals surface area contributed by atoms with Crippen LogP contribution in [-0.4, -0.2) is 0 Å². The molecule has 1 unspecified atom stereocenters. The van der Waals surface area contributed by atoms with Gasteiger partial charge in [0.1, 0.15) is 0 Å². The van der Waals surface area contributed by atoms with Gasteiger partial charge in [0.15, 0.2) is 0 Å². The van der Waals surface area contributed by atoms with Crippen LogP contribution in [0.3, 0.4) is 0 Å². The molecule has 2 aromatic carbocycles. The molecule has 0 saturated carbocycles. The van der Waals surface area contributed by atoms with E-state index in [1.54, 1.807) is 0 Å². The van der Waals surface area contributed by atoms with Crippen LogP contribution in [0.1, 0.15) is 44.4 Å². The Kier molecular flexibility index (Phi) is 5.31. The average Bonchev–Trinajstić information content (AvgIpc) is 2.42. The topological polar surface area (TPSA) is 12.0 Å². The van der Waals surface area contributed by atoms with E-state index in [0.717, 1.165) is 6.42 Å². The zero-order chi connectivity index (χ0) is 15.5. The molecule has 0 aliphatic carbocycles. The molecule has 1 nitrogen and oxygen atoms in total. The summed E-state index contributed by atoms with van der Waals surface area (Å²) in [6, 6.07) is 17.7. The molecule has 0 aliphatic rings. The van der Waals surface area contributed by atoms with Crippen molar-refractivity contribution < 1.29 is 0 Å². The van der Waals surface area contributed by atoms with Crippen LogP contribution in [0.5, 0.6) is 0 Å². The summed E-state index contributed by atoms with van der Waals surface area (Å²) in [4.78, 5) is 0. The zero-order valence-electron chi connectivity index (χ0n) is 13.3. The lowest BCUT2D eigenvalue weighted by molar-refractivity contribution is 0.352. The molecule has 112 valence electrons. The number of halogens is 1. The Labute approximate surface area is 142 Å². The molecular weight excluding hydrogens is 369 g/mol. The van der Waals surface area contributed by atoms with Crippen LogP contribution in [0.15, 0.2) is 48.5 Å². The molecule has 0 aliphatic heterocycles. The number of nitrogens with one attached hydrogen (secondary N) is 1. The second kappa shape index (κ2) is 6.82. The fraction of sp³-hybridized carbons (Fsp3) is 0.368. The molecule has 0 fully saturated rings. The van der Waals surface area contributed by atoms with Crippen LogP contribution in [0.4, 0.5) is 5.69 Å². The highest BCUT2D eigenvalue weighted by Gasteiger charge is 2.20. The normalized spacial score (nSPS) is 13.0. The number of aryl methyl sites for hydroxylation is 1. The number of benzene rings is 2. The summed E-state index contributed by atoms with van der Waals surface area (Å²) in [6.45, 7) is 9.03. The monoisotopic (exact) mass is 393 g/mol. The zero-order valence-corrected chi connectivity index (χ0v) is 15.4. The van der Waals surface area contributed by atoms with Crippen LogP contribution in [0.25, 0.3) is 0 Å². The van der Waals surface area contributed by atoms with Crippen molar-refractivity contribution in [1.29, 1.82) is 0 Å². The Morgan fingerprint density at radius 1 is 1.05 bits per heavy atom. The van der Waals surface area contributed by atoms with Gasteiger partial charge in [0.25, 0.3) is 0 Å². The molecule has 2 rings (SSSR count). The van der Waals surface area contributed by atoms with E-state index in [4.69, 9.17) is 0 Å². The van der Waals surface area contributed by atoms with Crippen LogP contribution in [-0.2, 0) is 0 Å². The average molecular weight is 393 g/mol. The molecule has 0 heterocycles. The van der Waals surface area contributed by atoms with Crippen molar-refractivity contribution in [2.45, 2.75) is 40.2 Å². The molecule has 1 N–H and O–H groups in total. The second-order valence-electron chi connectivity index (χ2n) is 6.84. The predicted molar refractivity (Wildman–Crippen MR) is 101 cm³/mol. The maximum absolute atomic E-state index is 3.72. The van der Waals surface area contributed by atoms with Gasteiger partial charge in [-0.05, 0) is 64.6 Å². The van der Waals surface area contributed by atoms with Crippen molar-refractivity contribution in [3.63, 3.8) is 0 Å². The van der Waals surface area contributed by atoms with Crippen molar-refractivity contribution in [2.24, 2.45) is 5.41 Å². The Balaban J connectivity index is 2.25. The molecule has 0 spiro atoms. The van der Waals surface area contributed by atoms with Gasteiger partial charge in [0.05, 0.1) is 6.04 Å². The maximum Gasteiger partial charge on any atom is 0.0518 e. The molecule has 2 aromatic rings. The number of hydrogen-bond acceptors (Lipinski definition) is 1. The Bertz CT molecular complexity index is 584. The molecule has 0 aromatic heterocycles. The summed E-state index contributed by atoms with van der Waals surface area (Å²) in [5, 5.41) is 3.72. The van der Waals surface area contributed by atoms with Gasteiger partial charge in [-0.15, -0.1) is 0 Å². The molecule has 1 atom stereocenters. The third kappa shape index (κ3) is 5.03. The van der Waals surface area contributed by atoms with Gasteiger partial charge in [0, 0.05) is 9.26 Å². The Morgan fingerprint density at radius 2 is 1.71 bits per heavy atom. The summed E-state index contributed by atoms with van der Waals surface area (Å²) in [5.74, 6) is 0. The van der Waals surface area contributed by atoms with E-state index in [1.807, 2.05) is 0 Å². The minimum absolute atomic E-state index is 0.283. The number of anilines is 1. The fourth-order valence-corrected chi connectivity index (χ4v) is 2.95. The van der Waals surface area contributed by atoms with Gasteiger partial charge in [-0.2, -0.15) is 0 Å². The van der Waals surface area contributed by atoms with Gasteiger partial charge in [-0.25, -0.2) is 0 Å². The lowest BCUT2D eigenvalue weighted by atomic mass is 9.85. The molecule has 0 radical (unpaired) electrons. The third-order valence-electron chi connectivity index (χ3n) is 3.53. The first kappa shape index (κ1) is 16.3. The smallest absolute Gasteiger partial charge is 0.0518 e. The second-order valence-corrected chi connectivity index (χ2v) is 8.00. The summed E-state index contributed by atoms with van der Waals surface area (Å²) < 4.78 is 1.31. The third-order valence-corrected chi connectivity index (χ3v) is 4.69. The molecule has 0 amide bonds. The predicted octanol–water partition coefficient (Wildman–Crippen LogP) is 6.19. The van der Waals surface area contributed by atoms with Crippen LogP contribution >= 0.6 is 22.6 Å². The number of rotatable bonds is 4. The molecule has 0 saturated heterocycles. The van der Waals surface area contributed by atoms with Gasteiger partial charge in [-0.3, -0.25) is 0 Å². The van der Waals surface area contributed by atoms with Gasteiger partial charge >= 0.3 is 0 Å². The van der Waals surface area contributed by atoms with Crippen molar-refractivity contribution in [2.75, 3.05) is 5.32 Å². The van der Waals surface area contributed by atoms with E-state index in [-0.39, 0.29) is 5.41 Å². The molecule has 2 heteroatoms. The largest absolute Gasteiger partial charge is 0.378 e. The highest BCUT2D eigenvalue weighted by Crippen LogP contribution is 2.32. The minimum atomic E-state index is 0.283. The van der Waals surface area contributed by atoms with E-state index in [9.17, 15) is 0 Å². The summed E-state index contributed by atoms with van der Waals surface area (Å²) >= 11 is 2.40. The first-order valence-corrected chi connectivity index (χ1v) is 8.51. The van der Waals surface area contributed by atoms with E-state index in [0.29, 0.717) is 6.04 Å². The highest BCUT2D eigenvalue weighted by atomic mass is 127. The highest BCUT2D eigenvalue weighted by molar-refractivity contribution is 14.1. The lowest BCUT2D eigenvalue weighted by Crippen LogP contribution is -2.18. The Hall–Kier alpha value is -1.03. The van der Waals surface area contributed by atoms with E-state index < -0.39 is 0 Å². The lowest BCUT2D eigenvalue weighted by Gasteiger charge is -2.28. The molecule has 0 bridgehead atoms. The first-order valence-electron chi connectivity index (χ1n) is 7.43. The van der Waals surface area contributed by atoms with Crippen LogP contribution in [0, 0.1) is 15.9 Å². The van der Waals surface area contributed by atoms with Crippen LogP contribution < -0.4 is 5.32 Å². The van der Waals surface area contributed by atoms with Gasteiger partial charge in [-0.1, -0.05) is 57.2 Å².